The molecule has 0 aromatic heterocycles. The summed E-state index contributed by atoms with van der Waals surface area (Å²) in [7, 11) is 0. The summed E-state index contributed by atoms with van der Waals surface area (Å²) in [5, 5.41) is 0. The van der Waals surface area contributed by atoms with Crippen LogP contribution in [0.4, 0.5) is 0 Å². The molecule has 2 rings (SSSR count). The molecule has 0 N–H and O–H groups in total. The van der Waals surface area contributed by atoms with Crippen molar-refractivity contribution in [2.24, 2.45) is 23.7 Å². The van der Waals surface area contributed by atoms with Gasteiger partial charge in [0.05, 0.1) is 0 Å². The van der Waals surface area contributed by atoms with Gasteiger partial charge in [0.1, 0.15) is 6.29 Å². The lowest BCUT2D eigenvalue weighted by molar-refractivity contribution is -0.104. The minimum absolute atomic E-state index is 0.643. The second kappa shape index (κ2) is 8.44. The predicted molar refractivity (Wildman–Crippen MR) is 85.5 cm³/mol. The first-order chi connectivity index (χ1) is 9.81. The van der Waals surface area contributed by atoms with E-state index >= 15 is 0 Å². The normalized spacial score (nSPS) is 35.6. The van der Waals surface area contributed by atoms with E-state index in [4.69, 9.17) is 0 Å². The smallest absolute Gasteiger partial charge is 0.142 e. The van der Waals surface area contributed by atoms with Gasteiger partial charge in [0.25, 0.3) is 0 Å². The number of aldehydes is 1. The summed E-state index contributed by atoms with van der Waals surface area (Å²) < 4.78 is 0. The number of carbonyl (C=O) groups excluding carboxylic acids is 1. The van der Waals surface area contributed by atoms with Crippen molar-refractivity contribution >= 4 is 6.29 Å². The Bertz CT molecular complexity index is 326. The Kier molecular flexibility index (Phi) is 6.56. The topological polar surface area (TPSA) is 17.1 Å². The fraction of sp³-hybridized carbons (Fsp3) is 0.737. The van der Waals surface area contributed by atoms with Crippen LogP contribution in [0.2, 0.25) is 0 Å². The van der Waals surface area contributed by atoms with Crippen LogP contribution in [-0.4, -0.2) is 6.29 Å². The minimum atomic E-state index is 0.643. The van der Waals surface area contributed by atoms with Gasteiger partial charge in [0.2, 0.25) is 0 Å². The molecule has 2 saturated carbocycles. The Labute approximate surface area is 124 Å². The van der Waals surface area contributed by atoms with E-state index in [1.807, 2.05) is 0 Å². The van der Waals surface area contributed by atoms with E-state index in [1.165, 1.54) is 57.8 Å². The van der Waals surface area contributed by atoms with E-state index in [9.17, 15) is 4.79 Å². The van der Waals surface area contributed by atoms with Crippen molar-refractivity contribution in [3.05, 3.63) is 24.3 Å². The second-order valence-electron chi connectivity index (χ2n) is 6.77. The second-order valence-corrected chi connectivity index (χ2v) is 6.77. The van der Waals surface area contributed by atoms with Gasteiger partial charge in [-0.15, -0.1) is 0 Å². The molecule has 2 aliphatic rings. The molecule has 1 nitrogen and oxygen atoms in total. The molecule has 0 unspecified atom stereocenters. The largest absolute Gasteiger partial charge is 0.299 e. The summed E-state index contributed by atoms with van der Waals surface area (Å²) in [6, 6.07) is 0. The SMILES string of the molecule is CCC1CCC(/C=C/C2CCC(C=CC=O)CC2)CC1. The zero-order valence-corrected chi connectivity index (χ0v) is 13.0. The van der Waals surface area contributed by atoms with E-state index in [0.29, 0.717) is 5.92 Å². The first-order valence-electron chi connectivity index (χ1n) is 8.62. The van der Waals surface area contributed by atoms with Crippen LogP contribution < -0.4 is 0 Å². The number of carbonyl (C=O) groups is 1. The maximum atomic E-state index is 10.3. The Hall–Kier alpha value is -0.850. The molecule has 0 bridgehead atoms. The van der Waals surface area contributed by atoms with Crippen LogP contribution in [-0.2, 0) is 4.79 Å². The van der Waals surface area contributed by atoms with Gasteiger partial charge in [-0.1, -0.05) is 31.6 Å². The van der Waals surface area contributed by atoms with Gasteiger partial charge < -0.3 is 0 Å². The highest BCUT2D eigenvalue weighted by molar-refractivity contribution is 5.64. The lowest BCUT2D eigenvalue weighted by atomic mass is 9.78. The fourth-order valence-corrected chi connectivity index (χ4v) is 3.84. The van der Waals surface area contributed by atoms with Crippen molar-refractivity contribution in [3.8, 4) is 0 Å². The molecule has 0 amide bonds. The minimum Gasteiger partial charge on any atom is -0.299 e. The van der Waals surface area contributed by atoms with Crippen molar-refractivity contribution in [1.29, 1.82) is 0 Å². The Morgan fingerprint density at radius 2 is 1.20 bits per heavy atom. The number of hydrogen-bond donors (Lipinski definition) is 0. The highest BCUT2D eigenvalue weighted by atomic mass is 16.1. The molecule has 112 valence electrons. The summed E-state index contributed by atoms with van der Waals surface area (Å²) in [6.07, 6.45) is 21.9. The van der Waals surface area contributed by atoms with E-state index in [-0.39, 0.29) is 0 Å². The van der Waals surface area contributed by atoms with Gasteiger partial charge in [-0.2, -0.15) is 0 Å². The maximum Gasteiger partial charge on any atom is 0.142 e. The summed E-state index contributed by atoms with van der Waals surface area (Å²) in [5.41, 5.74) is 0. The zero-order chi connectivity index (χ0) is 14.2. The fourth-order valence-electron chi connectivity index (χ4n) is 3.84. The molecule has 20 heavy (non-hydrogen) atoms. The third-order valence-corrected chi connectivity index (χ3v) is 5.40. The molecular formula is C19H30O. The lowest BCUT2D eigenvalue weighted by Crippen LogP contribution is -2.14. The van der Waals surface area contributed by atoms with Crippen LogP contribution in [0.1, 0.15) is 64.7 Å². The van der Waals surface area contributed by atoms with Crippen molar-refractivity contribution in [1.82, 2.24) is 0 Å². The quantitative estimate of drug-likeness (QED) is 0.377. The van der Waals surface area contributed by atoms with Crippen LogP contribution in [0, 0.1) is 23.7 Å². The molecule has 0 aliphatic heterocycles. The van der Waals surface area contributed by atoms with Crippen LogP contribution >= 0.6 is 0 Å². The molecule has 0 heterocycles. The third-order valence-electron chi connectivity index (χ3n) is 5.40. The summed E-state index contributed by atoms with van der Waals surface area (Å²) in [6.45, 7) is 2.33. The molecule has 1 heteroatoms. The standard InChI is InChI=1S/C19H30O/c1-2-16-5-7-18(8-6-16)13-14-19-11-9-17(10-12-19)4-3-15-20/h3-4,13-19H,2,5-12H2,1H3/b4-3?,14-13+. The van der Waals surface area contributed by atoms with E-state index in [1.54, 1.807) is 6.08 Å². The predicted octanol–water partition coefficient (Wildman–Crippen LogP) is 5.32. The molecule has 0 atom stereocenters. The van der Waals surface area contributed by atoms with Crippen molar-refractivity contribution < 1.29 is 4.79 Å². The Balaban J connectivity index is 1.68. The first kappa shape index (κ1) is 15.5. The maximum absolute atomic E-state index is 10.3. The molecule has 0 saturated heterocycles. The van der Waals surface area contributed by atoms with Crippen LogP contribution in [0.3, 0.4) is 0 Å². The van der Waals surface area contributed by atoms with E-state index in [0.717, 1.165) is 24.0 Å². The van der Waals surface area contributed by atoms with Crippen LogP contribution in [0.5, 0.6) is 0 Å². The first-order valence-corrected chi connectivity index (χ1v) is 8.62. The van der Waals surface area contributed by atoms with Crippen molar-refractivity contribution in [2.45, 2.75) is 64.7 Å². The van der Waals surface area contributed by atoms with Gasteiger partial charge >= 0.3 is 0 Å². The van der Waals surface area contributed by atoms with Gasteiger partial charge in [-0.3, -0.25) is 4.79 Å². The van der Waals surface area contributed by atoms with Crippen molar-refractivity contribution in [2.75, 3.05) is 0 Å². The number of allylic oxidation sites excluding steroid dienone is 4. The van der Waals surface area contributed by atoms with Crippen molar-refractivity contribution in [3.63, 3.8) is 0 Å². The molecular weight excluding hydrogens is 244 g/mol. The Morgan fingerprint density at radius 3 is 1.65 bits per heavy atom. The highest BCUT2D eigenvalue weighted by Crippen LogP contribution is 2.34. The average molecular weight is 274 g/mol. The highest BCUT2D eigenvalue weighted by Gasteiger charge is 2.20. The van der Waals surface area contributed by atoms with Crippen LogP contribution in [0.25, 0.3) is 0 Å². The van der Waals surface area contributed by atoms with Gasteiger partial charge in [-0.25, -0.2) is 0 Å². The molecule has 0 spiro atoms. The molecule has 2 aliphatic carbocycles. The van der Waals surface area contributed by atoms with Gasteiger partial charge in [0, 0.05) is 0 Å². The zero-order valence-electron chi connectivity index (χ0n) is 13.0. The summed E-state index contributed by atoms with van der Waals surface area (Å²) >= 11 is 0. The monoisotopic (exact) mass is 274 g/mol. The summed E-state index contributed by atoms with van der Waals surface area (Å²) in [5.74, 6) is 3.29. The van der Waals surface area contributed by atoms with E-state index < -0.39 is 0 Å². The van der Waals surface area contributed by atoms with Gasteiger partial charge in [-0.05, 0) is 81.1 Å². The summed E-state index contributed by atoms with van der Waals surface area (Å²) in [4.78, 5) is 10.3. The lowest BCUT2D eigenvalue weighted by Gasteiger charge is -2.27. The molecule has 0 aromatic carbocycles. The molecule has 2 fully saturated rings. The molecule has 0 aromatic rings. The number of rotatable bonds is 5. The van der Waals surface area contributed by atoms with E-state index in [2.05, 4.69) is 25.2 Å². The average Bonchev–Trinajstić information content (AvgIpc) is 2.52. The number of hydrogen-bond acceptors (Lipinski definition) is 1. The third kappa shape index (κ3) is 4.92. The molecule has 0 radical (unpaired) electrons. The Morgan fingerprint density at radius 1 is 0.750 bits per heavy atom. The van der Waals surface area contributed by atoms with Gasteiger partial charge in [0.15, 0.2) is 0 Å². The van der Waals surface area contributed by atoms with Crippen LogP contribution in [0.15, 0.2) is 24.3 Å².